The van der Waals surface area contributed by atoms with Gasteiger partial charge in [-0.25, -0.2) is 18.4 Å². The Labute approximate surface area is 113 Å². The fourth-order valence-corrected chi connectivity index (χ4v) is 2.20. The second-order valence-electron chi connectivity index (χ2n) is 4.89. The molecular formula is C12H20N2O4S. The van der Waals surface area contributed by atoms with E-state index in [1.54, 1.807) is 7.05 Å². The highest BCUT2D eigenvalue weighted by molar-refractivity contribution is 7.89. The van der Waals surface area contributed by atoms with Crippen molar-refractivity contribution in [3.8, 4) is 0 Å². The Hall–Kier alpha value is -1.34. The molecule has 19 heavy (non-hydrogen) atoms. The van der Waals surface area contributed by atoms with E-state index < -0.39 is 16.0 Å². The smallest absolute Gasteiger partial charge is 0.354 e. The van der Waals surface area contributed by atoms with Gasteiger partial charge in [0.2, 0.25) is 10.0 Å². The summed E-state index contributed by atoms with van der Waals surface area (Å²) in [5, 5.41) is 5.00. The summed E-state index contributed by atoms with van der Waals surface area (Å²) in [7, 11) is -2.23. The average molecular weight is 288 g/mol. The highest BCUT2D eigenvalue weighted by atomic mass is 32.2. The number of aromatic nitrogens is 1. The van der Waals surface area contributed by atoms with E-state index in [2.05, 4.69) is 13.8 Å². The van der Waals surface area contributed by atoms with Crippen molar-refractivity contribution in [1.82, 2.24) is 4.57 Å². The minimum absolute atomic E-state index is 0.0934. The first-order chi connectivity index (χ1) is 8.71. The van der Waals surface area contributed by atoms with Crippen LogP contribution in [0.1, 0.15) is 37.2 Å². The molecule has 1 aromatic heterocycles. The topological polar surface area (TPSA) is 91.4 Å². The van der Waals surface area contributed by atoms with Gasteiger partial charge in [-0.05, 0) is 24.8 Å². The standard InChI is InChI=1S/C12H20N2O4S/c1-9(2)5-4-6-18-12(15)11-7-10(8-14(11)3)19(13,16)17/h7-9H,4-6H2,1-3H3,(H2,13,16,17). The molecule has 6 nitrogen and oxygen atoms in total. The maximum atomic E-state index is 11.8. The number of ether oxygens (including phenoxy) is 1. The zero-order chi connectivity index (χ0) is 14.6. The lowest BCUT2D eigenvalue weighted by molar-refractivity contribution is 0.0483. The minimum Gasteiger partial charge on any atom is -0.461 e. The zero-order valence-corrected chi connectivity index (χ0v) is 12.2. The van der Waals surface area contributed by atoms with Gasteiger partial charge in [0.25, 0.3) is 0 Å². The highest BCUT2D eigenvalue weighted by Gasteiger charge is 2.18. The van der Waals surface area contributed by atoms with Gasteiger partial charge in [0.1, 0.15) is 10.6 Å². The number of nitrogens with two attached hydrogens (primary N) is 1. The van der Waals surface area contributed by atoms with Crippen molar-refractivity contribution < 1.29 is 17.9 Å². The van der Waals surface area contributed by atoms with Gasteiger partial charge < -0.3 is 9.30 Å². The maximum absolute atomic E-state index is 11.8. The van der Waals surface area contributed by atoms with Gasteiger partial charge >= 0.3 is 5.97 Å². The van der Waals surface area contributed by atoms with Gasteiger partial charge in [0, 0.05) is 13.2 Å². The van der Waals surface area contributed by atoms with Crippen LogP contribution in [-0.2, 0) is 21.8 Å². The van der Waals surface area contributed by atoms with E-state index in [4.69, 9.17) is 9.88 Å². The number of carbonyl (C=O) groups is 1. The van der Waals surface area contributed by atoms with Gasteiger partial charge in [-0.3, -0.25) is 0 Å². The average Bonchev–Trinajstić information content (AvgIpc) is 2.66. The van der Waals surface area contributed by atoms with Crippen LogP contribution in [0.5, 0.6) is 0 Å². The second kappa shape index (κ2) is 6.21. The van der Waals surface area contributed by atoms with E-state index in [1.807, 2.05) is 0 Å². The van der Waals surface area contributed by atoms with Gasteiger partial charge in [-0.15, -0.1) is 0 Å². The van der Waals surface area contributed by atoms with Crippen LogP contribution in [0.3, 0.4) is 0 Å². The summed E-state index contributed by atoms with van der Waals surface area (Å²) in [6.45, 7) is 4.52. The first-order valence-electron chi connectivity index (χ1n) is 6.08. The molecule has 0 saturated heterocycles. The molecule has 0 spiro atoms. The first-order valence-corrected chi connectivity index (χ1v) is 7.62. The third-order valence-electron chi connectivity index (χ3n) is 2.68. The molecule has 1 aromatic rings. The number of carbonyl (C=O) groups excluding carboxylic acids is 1. The molecule has 1 heterocycles. The highest BCUT2D eigenvalue weighted by Crippen LogP contribution is 2.13. The molecule has 0 saturated carbocycles. The molecule has 0 unspecified atom stereocenters. The molecule has 2 N–H and O–H groups in total. The lowest BCUT2D eigenvalue weighted by atomic mass is 10.1. The monoisotopic (exact) mass is 288 g/mol. The van der Waals surface area contributed by atoms with Gasteiger partial charge in [0.15, 0.2) is 0 Å². The molecule has 0 aliphatic carbocycles. The summed E-state index contributed by atoms with van der Waals surface area (Å²) < 4.78 is 28.8. The van der Waals surface area contributed by atoms with Gasteiger partial charge in [-0.2, -0.15) is 0 Å². The number of hydrogen-bond acceptors (Lipinski definition) is 4. The van der Waals surface area contributed by atoms with Crippen molar-refractivity contribution in [2.75, 3.05) is 6.61 Å². The summed E-state index contributed by atoms with van der Waals surface area (Å²) >= 11 is 0. The van der Waals surface area contributed by atoms with Crippen molar-refractivity contribution in [3.63, 3.8) is 0 Å². The summed E-state index contributed by atoms with van der Waals surface area (Å²) in [6.07, 6.45) is 3.05. The van der Waals surface area contributed by atoms with E-state index in [1.165, 1.54) is 16.8 Å². The van der Waals surface area contributed by atoms with E-state index >= 15 is 0 Å². The Morgan fingerprint density at radius 1 is 1.47 bits per heavy atom. The molecular weight excluding hydrogens is 268 g/mol. The van der Waals surface area contributed by atoms with Crippen LogP contribution in [-0.4, -0.2) is 25.6 Å². The fourth-order valence-electron chi connectivity index (χ4n) is 1.62. The maximum Gasteiger partial charge on any atom is 0.354 e. The third-order valence-corrected chi connectivity index (χ3v) is 3.56. The molecule has 0 atom stereocenters. The fraction of sp³-hybridized carbons (Fsp3) is 0.583. The van der Waals surface area contributed by atoms with Gasteiger partial charge in [0.05, 0.1) is 6.61 Å². The van der Waals surface area contributed by atoms with E-state index in [-0.39, 0.29) is 10.6 Å². The SMILES string of the molecule is CC(C)CCCOC(=O)c1cc(S(N)(=O)=O)cn1C. The predicted molar refractivity (Wildman–Crippen MR) is 71.1 cm³/mol. The Morgan fingerprint density at radius 3 is 2.58 bits per heavy atom. The number of aryl methyl sites for hydroxylation is 1. The number of esters is 1. The van der Waals surface area contributed by atoms with Gasteiger partial charge in [-0.1, -0.05) is 13.8 Å². The molecule has 1 rings (SSSR count). The Morgan fingerprint density at radius 2 is 2.11 bits per heavy atom. The molecule has 0 aliphatic heterocycles. The zero-order valence-electron chi connectivity index (χ0n) is 11.4. The Balaban J connectivity index is 2.65. The van der Waals surface area contributed by atoms with Crippen LogP contribution >= 0.6 is 0 Å². The molecule has 108 valence electrons. The molecule has 0 fully saturated rings. The van der Waals surface area contributed by atoms with Crippen molar-refractivity contribution in [1.29, 1.82) is 0 Å². The van der Waals surface area contributed by atoms with E-state index in [0.29, 0.717) is 12.5 Å². The first kappa shape index (κ1) is 15.7. The molecule has 7 heteroatoms. The van der Waals surface area contributed by atoms with Crippen molar-refractivity contribution in [2.45, 2.75) is 31.6 Å². The van der Waals surface area contributed by atoms with Crippen LogP contribution < -0.4 is 5.14 Å². The lowest BCUT2D eigenvalue weighted by Gasteiger charge is -2.06. The Bertz CT molecular complexity index is 546. The normalized spacial score (nSPS) is 11.8. The lowest BCUT2D eigenvalue weighted by Crippen LogP contribution is -2.11. The number of rotatable bonds is 6. The van der Waals surface area contributed by atoms with Crippen LogP contribution in [0.2, 0.25) is 0 Å². The number of nitrogens with zero attached hydrogens (tertiary/aromatic N) is 1. The minimum atomic E-state index is -3.80. The molecule has 0 bridgehead atoms. The molecule has 0 amide bonds. The quantitative estimate of drug-likeness (QED) is 0.630. The van der Waals surface area contributed by atoms with Crippen molar-refractivity contribution in [2.24, 2.45) is 18.1 Å². The largest absolute Gasteiger partial charge is 0.461 e. The molecule has 0 aromatic carbocycles. The van der Waals surface area contributed by atoms with Crippen LogP contribution in [0, 0.1) is 5.92 Å². The Kier molecular flexibility index (Phi) is 5.13. The predicted octanol–water partition coefficient (Wildman–Crippen LogP) is 1.27. The second-order valence-corrected chi connectivity index (χ2v) is 6.45. The third kappa shape index (κ3) is 4.68. The summed E-state index contributed by atoms with van der Waals surface area (Å²) in [4.78, 5) is 11.7. The molecule has 0 radical (unpaired) electrons. The van der Waals surface area contributed by atoms with E-state index in [9.17, 15) is 13.2 Å². The summed E-state index contributed by atoms with van der Waals surface area (Å²) in [6, 6.07) is 1.22. The van der Waals surface area contributed by atoms with Crippen LogP contribution in [0.25, 0.3) is 0 Å². The van der Waals surface area contributed by atoms with Crippen molar-refractivity contribution >= 4 is 16.0 Å². The molecule has 0 aliphatic rings. The van der Waals surface area contributed by atoms with Crippen molar-refractivity contribution in [3.05, 3.63) is 18.0 Å². The number of sulfonamides is 1. The number of primary sulfonamides is 1. The summed E-state index contributed by atoms with van der Waals surface area (Å²) in [5.41, 5.74) is 0.175. The number of hydrogen-bond donors (Lipinski definition) is 1. The van der Waals surface area contributed by atoms with Crippen LogP contribution in [0.15, 0.2) is 17.2 Å². The van der Waals surface area contributed by atoms with E-state index in [0.717, 1.165) is 12.8 Å². The van der Waals surface area contributed by atoms with Crippen LogP contribution in [0.4, 0.5) is 0 Å². The summed E-state index contributed by atoms with van der Waals surface area (Å²) in [5.74, 6) is 0.0175.